The standard InChI is InChI=1S/C9H16N3OSe/c1-10-4-2-9(3-5-10)11-6-12(13)8-14-7-11/h2H,3-8H2,1H3. The SMILES string of the molecule is CN1CC=C(N2C[Se]CN([O])C2)CC1. The van der Waals surface area contributed by atoms with Gasteiger partial charge in [-0.15, -0.1) is 0 Å². The summed E-state index contributed by atoms with van der Waals surface area (Å²) in [5.74, 6) is 0. The van der Waals surface area contributed by atoms with Crippen LogP contribution in [0.2, 0.25) is 0 Å². The van der Waals surface area contributed by atoms with E-state index in [2.05, 4.69) is 22.9 Å². The Morgan fingerprint density at radius 2 is 2.29 bits per heavy atom. The molecule has 1 saturated heterocycles. The molecule has 0 amide bonds. The van der Waals surface area contributed by atoms with E-state index in [4.69, 9.17) is 0 Å². The summed E-state index contributed by atoms with van der Waals surface area (Å²) >= 11 is 0.476. The van der Waals surface area contributed by atoms with Gasteiger partial charge >= 0.3 is 90.9 Å². The molecule has 14 heavy (non-hydrogen) atoms. The average Bonchev–Trinajstić information content (AvgIpc) is 2.19. The Bertz CT molecular complexity index is 234. The molecule has 0 aromatic carbocycles. The summed E-state index contributed by atoms with van der Waals surface area (Å²) in [5, 5.41) is 12.4. The molecule has 1 radical (unpaired) electrons. The summed E-state index contributed by atoms with van der Waals surface area (Å²) in [4.78, 5) is 4.55. The molecule has 1 fully saturated rings. The molecule has 2 aliphatic heterocycles. The van der Waals surface area contributed by atoms with Gasteiger partial charge in [0.1, 0.15) is 0 Å². The van der Waals surface area contributed by atoms with Crippen LogP contribution in [0, 0.1) is 0 Å². The van der Waals surface area contributed by atoms with E-state index in [1.807, 2.05) is 0 Å². The van der Waals surface area contributed by atoms with Crippen molar-refractivity contribution < 1.29 is 5.21 Å². The quantitative estimate of drug-likeness (QED) is 0.609. The number of likely N-dealkylation sites (N-methyl/N-ethyl adjacent to an activating group) is 1. The maximum atomic E-state index is 11.2. The van der Waals surface area contributed by atoms with E-state index < -0.39 is 0 Å². The van der Waals surface area contributed by atoms with Gasteiger partial charge in [0, 0.05) is 0 Å². The molecule has 2 aliphatic rings. The van der Waals surface area contributed by atoms with Crippen molar-refractivity contribution in [2.24, 2.45) is 0 Å². The van der Waals surface area contributed by atoms with E-state index in [1.165, 1.54) is 10.8 Å². The van der Waals surface area contributed by atoms with Crippen LogP contribution >= 0.6 is 0 Å². The Hall–Kier alpha value is -0.0605. The van der Waals surface area contributed by atoms with Gasteiger partial charge in [0.25, 0.3) is 0 Å². The number of rotatable bonds is 1. The zero-order chi connectivity index (χ0) is 9.97. The summed E-state index contributed by atoms with van der Waals surface area (Å²) in [6.45, 7) is 2.73. The Labute approximate surface area is 91.3 Å². The first kappa shape index (κ1) is 10.5. The minimum atomic E-state index is 0.476. The zero-order valence-electron chi connectivity index (χ0n) is 8.48. The number of hydrogen-bond donors (Lipinski definition) is 0. The van der Waals surface area contributed by atoms with Gasteiger partial charge in [0.15, 0.2) is 0 Å². The summed E-state index contributed by atoms with van der Waals surface area (Å²) in [7, 11) is 2.13. The van der Waals surface area contributed by atoms with Crippen molar-refractivity contribution >= 4 is 15.0 Å². The van der Waals surface area contributed by atoms with Gasteiger partial charge in [0.2, 0.25) is 0 Å². The van der Waals surface area contributed by atoms with Crippen LogP contribution in [0.3, 0.4) is 0 Å². The van der Waals surface area contributed by atoms with Crippen molar-refractivity contribution in [3.8, 4) is 0 Å². The summed E-state index contributed by atoms with van der Waals surface area (Å²) < 4.78 is 0. The van der Waals surface area contributed by atoms with Crippen LogP contribution in [0.25, 0.3) is 0 Å². The minimum absolute atomic E-state index is 0.476. The zero-order valence-corrected chi connectivity index (χ0v) is 10.2. The Morgan fingerprint density at radius 1 is 1.43 bits per heavy atom. The van der Waals surface area contributed by atoms with Gasteiger partial charge in [-0.3, -0.25) is 0 Å². The van der Waals surface area contributed by atoms with E-state index in [-0.39, 0.29) is 0 Å². The van der Waals surface area contributed by atoms with Gasteiger partial charge in [-0.05, 0) is 0 Å². The monoisotopic (exact) mass is 262 g/mol. The Morgan fingerprint density at radius 3 is 2.93 bits per heavy atom. The average molecular weight is 261 g/mol. The summed E-state index contributed by atoms with van der Waals surface area (Å²) in [5.41, 5.74) is 3.25. The van der Waals surface area contributed by atoms with Gasteiger partial charge in [-0.25, -0.2) is 0 Å². The third-order valence-electron chi connectivity index (χ3n) is 2.61. The van der Waals surface area contributed by atoms with Crippen molar-refractivity contribution in [1.82, 2.24) is 14.9 Å². The van der Waals surface area contributed by atoms with E-state index in [9.17, 15) is 5.21 Å². The van der Waals surface area contributed by atoms with E-state index in [0.29, 0.717) is 21.6 Å². The normalized spacial score (nSPS) is 26.4. The number of hydroxylamine groups is 2. The first-order valence-corrected chi connectivity index (χ1v) is 7.30. The molecule has 0 spiro atoms. The molecule has 0 bridgehead atoms. The number of hydrogen-bond acceptors (Lipinski definition) is 3. The van der Waals surface area contributed by atoms with Crippen LogP contribution < -0.4 is 0 Å². The third-order valence-corrected chi connectivity index (χ3v) is 4.63. The van der Waals surface area contributed by atoms with Crippen LogP contribution in [-0.4, -0.2) is 67.5 Å². The molecule has 0 saturated carbocycles. The van der Waals surface area contributed by atoms with Crippen molar-refractivity contribution in [1.29, 1.82) is 0 Å². The fourth-order valence-corrected chi connectivity index (χ4v) is 3.50. The van der Waals surface area contributed by atoms with Crippen LogP contribution in [-0.2, 0) is 5.21 Å². The molecule has 5 heteroatoms. The second kappa shape index (κ2) is 4.64. The summed E-state index contributed by atoms with van der Waals surface area (Å²) in [6, 6.07) is 0. The van der Waals surface area contributed by atoms with E-state index in [0.717, 1.165) is 30.4 Å². The van der Waals surface area contributed by atoms with Crippen molar-refractivity contribution in [3.63, 3.8) is 0 Å². The molecule has 0 unspecified atom stereocenters. The Balaban J connectivity index is 1.94. The van der Waals surface area contributed by atoms with Gasteiger partial charge in [-0.1, -0.05) is 0 Å². The first-order valence-electron chi connectivity index (χ1n) is 4.88. The third kappa shape index (κ3) is 2.49. The second-order valence-corrected chi connectivity index (χ2v) is 5.77. The second-order valence-electron chi connectivity index (χ2n) is 3.83. The van der Waals surface area contributed by atoms with Gasteiger partial charge in [0.05, 0.1) is 0 Å². The molecule has 79 valence electrons. The molecule has 0 aliphatic carbocycles. The van der Waals surface area contributed by atoms with Crippen LogP contribution in [0.5, 0.6) is 0 Å². The molecule has 0 atom stereocenters. The molecular weight excluding hydrogens is 245 g/mol. The molecule has 2 rings (SSSR count). The molecule has 0 N–H and O–H groups in total. The fourth-order valence-electron chi connectivity index (χ4n) is 1.75. The number of nitrogens with zero attached hydrogens (tertiary/aromatic N) is 3. The van der Waals surface area contributed by atoms with Crippen LogP contribution in [0.15, 0.2) is 11.8 Å². The molecule has 2 heterocycles. The van der Waals surface area contributed by atoms with Crippen molar-refractivity contribution in [2.45, 2.75) is 6.42 Å². The van der Waals surface area contributed by atoms with E-state index >= 15 is 0 Å². The van der Waals surface area contributed by atoms with Crippen LogP contribution in [0.4, 0.5) is 0 Å². The predicted molar refractivity (Wildman–Crippen MR) is 54.9 cm³/mol. The van der Waals surface area contributed by atoms with Gasteiger partial charge in [-0.2, -0.15) is 0 Å². The maximum absolute atomic E-state index is 11.2. The molecular formula is C9H16N3OSe. The molecule has 0 aromatic rings. The fraction of sp³-hybridized carbons (Fsp3) is 0.778. The molecule has 4 nitrogen and oxygen atoms in total. The van der Waals surface area contributed by atoms with Gasteiger partial charge < -0.3 is 0 Å². The first-order chi connectivity index (χ1) is 6.75. The predicted octanol–water partition coefficient (Wildman–Crippen LogP) is -0.254. The topological polar surface area (TPSA) is 29.6 Å². The summed E-state index contributed by atoms with van der Waals surface area (Å²) in [6.07, 6.45) is 3.36. The van der Waals surface area contributed by atoms with Crippen molar-refractivity contribution in [2.75, 3.05) is 37.7 Å². The Kier molecular flexibility index (Phi) is 3.47. The van der Waals surface area contributed by atoms with Crippen LogP contribution in [0.1, 0.15) is 6.42 Å². The van der Waals surface area contributed by atoms with E-state index in [1.54, 1.807) is 0 Å². The molecule has 0 aromatic heterocycles. The van der Waals surface area contributed by atoms with Crippen molar-refractivity contribution in [3.05, 3.63) is 11.8 Å².